The number of aliphatic hydroxyl groups is 1. The number of hydrogen-bond acceptors (Lipinski definition) is 6. The Labute approximate surface area is 252 Å². The lowest BCUT2D eigenvalue weighted by atomic mass is 9.91. The van der Waals surface area contributed by atoms with Crippen LogP contribution in [0.4, 0.5) is 8.78 Å². The molecule has 4 aromatic rings. The van der Waals surface area contributed by atoms with Crippen LogP contribution in [-0.4, -0.2) is 54.6 Å². The highest BCUT2D eigenvalue weighted by molar-refractivity contribution is 6.35. The van der Waals surface area contributed by atoms with E-state index in [1.165, 1.54) is 22.9 Å². The number of rotatable bonds is 7. The lowest BCUT2D eigenvalue weighted by molar-refractivity contribution is 0.0125. The molecule has 2 saturated heterocycles. The molecule has 0 saturated carbocycles. The van der Waals surface area contributed by atoms with Gasteiger partial charge >= 0.3 is 0 Å². The summed E-state index contributed by atoms with van der Waals surface area (Å²) < 4.78 is 32.4. The molecule has 43 heavy (non-hydrogen) atoms. The van der Waals surface area contributed by atoms with Gasteiger partial charge in [0.15, 0.2) is 5.82 Å². The van der Waals surface area contributed by atoms with E-state index in [0.717, 1.165) is 19.3 Å². The first kappa shape index (κ1) is 29.2. The van der Waals surface area contributed by atoms with Crippen LogP contribution in [0.15, 0.2) is 42.5 Å². The first-order chi connectivity index (χ1) is 20.6. The summed E-state index contributed by atoms with van der Waals surface area (Å²) in [5.74, 6) is -1.66. The van der Waals surface area contributed by atoms with Crippen molar-refractivity contribution in [2.75, 3.05) is 0 Å². The van der Waals surface area contributed by atoms with Crippen molar-refractivity contribution in [1.82, 2.24) is 19.9 Å². The van der Waals surface area contributed by atoms with Crippen LogP contribution in [0.1, 0.15) is 61.9 Å². The number of amides is 1. The number of nitriles is 1. The fourth-order valence-corrected chi connectivity index (χ4v) is 6.85. The zero-order valence-electron chi connectivity index (χ0n) is 23.8. The Hall–Kier alpha value is -3.91. The van der Waals surface area contributed by atoms with Gasteiger partial charge < -0.3 is 15.7 Å². The number of fused-ring (bicyclic) bond motifs is 3. The molecule has 2 aliphatic heterocycles. The predicted octanol–water partition coefficient (Wildman–Crippen LogP) is 5.82. The molecule has 0 radical (unpaired) electrons. The van der Waals surface area contributed by atoms with E-state index in [4.69, 9.17) is 17.3 Å². The zero-order chi connectivity index (χ0) is 30.6. The highest BCUT2D eigenvalue weighted by Gasteiger charge is 2.47. The first-order valence-corrected chi connectivity index (χ1v) is 14.8. The maximum atomic E-state index is 16.2. The SMILES string of the molecule is CCC(O)(CC)Cn1nnc2cc(-c3ccc(C(=O)N4[C@@H]5CC[C@H]4[C@@H](N)C5)cc3-c3ccc(C#N)c(F)c3)c(F)c(Cl)c21. The molecule has 0 aliphatic carbocycles. The number of benzene rings is 3. The topological polar surface area (TPSA) is 121 Å². The van der Waals surface area contributed by atoms with E-state index in [0.29, 0.717) is 40.6 Å². The van der Waals surface area contributed by atoms with Crippen LogP contribution in [0.5, 0.6) is 0 Å². The van der Waals surface area contributed by atoms with Crippen molar-refractivity contribution in [1.29, 1.82) is 5.26 Å². The summed E-state index contributed by atoms with van der Waals surface area (Å²) in [7, 11) is 0. The van der Waals surface area contributed by atoms with Gasteiger partial charge in [-0.15, -0.1) is 5.10 Å². The molecule has 0 unspecified atom stereocenters. The van der Waals surface area contributed by atoms with Gasteiger partial charge in [0.25, 0.3) is 5.91 Å². The molecule has 2 fully saturated rings. The minimum Gasteiger partial charge on any atom is -0.388 e. The monoisotopic (exact) mass is 604 g/mol. The van der Waals surface area contributed by atoms with Gasteiger partial charge in [0.2, 0.25) is 0 Å². The molecule has 1 aromatic heterocycles. The molecule has 3 aromatic carbocycles. The maximum Gasteiger partial charge on any atom is 0.254 e. The second-order valence-corrected chi connectivity index (χ2v) is 12.0. The van der Waals surface area contributed by atoms with Gasteiger partial charge in [-0.2, -0.15) is 5.26 Å². The number of aromatic nitrogens is 3. The number of nitrogens with zero attached hydrogens (tertiary/aromatic N) is 5. The van der Waals surface area contributed by atoms with Crippen LogP contribution in [0, 0.1) is 23.0 Å². The Morgan fingerprint density at radius 2 is 1.91 bits per heavy atom. The molecular formula is C32H31ClF2N6O2. The number of carbonyl (C=O) groups is 1. The summed E-state index contributed by atoms with van der Waals surface area (Å²) in [6.45, 7) is 3.80. The summed E-state index contributed by atoms with van der Waals surface area (Å²) in [5, 5.41) is 28.3. The molecule has 3 N–H and O–H groups in total. The van der Waals surface area contributed by atoms with Crippen LogP contribution in [0.2, 0.25) is 5.02 Å². The van der Waals surface area contributed by atoms with Crippen molar-refractivity contribution in [3.63, 3.8) is 0 Å². The van der Waals surface area contributed by atoms with Gasteiger partial charge in [-0.3, -0.25) is 4.79 Å². The van der Waals surface area contributed by atoms with Crippen LogP contribution >= 0.6 is 11.6 Å². The van der Waals surface area contributed by atoms with E-state index in [1.54, 1.807) is 24.3 Å². The number of halogens is 3. The third kappa shape index (κ3) is 4.85. The van der Waals surface area contributed by atoms with Gasteiger partial charge in [0, 0.05) is 29.3 Å². The highest BCUT2D eigenvalue weighted by atomic mass is 35.5. The van der Waals surface area contributed by atoms with E-state index in [9.17, 15) is 19.6 Å². The Kier molecular flexibility index (Phi) is 7.45. The van der Waals surface area contributed by atoms with Gasteiger partial charge in [0.05, 0.1) is 17.7 Å². The van der Waals surface area contributed by atoms with Crippen molar-refractivity contribution < 1.29 is 18.7 Å². The molecule has 2 bridgehead atoms. The first-order valence-electron chi connectivity index (χ1n) is 14.4. The van der Waals surface area contributed by atoms with E-state index < -0.39 is 17.2 Å². The second-order valence-electron chi connectivity index (χ2n) is 11.6. The van der Waals surface area contributed by atoms with Gasteiger partial charge in [-0.05, 0) is 79.1 Å². The lowest BCUT2D eigenvalue weighted by Crippen LogP contribution is -2.40. The summed E-state index contributed by atoms with van der Waals surface area (Å²) in [4.78, 5) is 15.6. The molecule has 3 atom stereocenters. The van der Waals surface area contributed by atoms with Crippen LogP contribution in [-0.2, 0) is 6.54 Å². The maximum absolute atomic E-state index is 16.2. The normalized spacial score (nSPS) is 19.8. The van der Waals surface area contributed by atoms with Crippen molar-refractivity contribution in [3.8, 4) is 28.3 Å². The van der Waals surface area contributed by atoms with Gasteiger partial charge in [0.1, 0.15) is 27.9 Å². The molecule has 8 nitrogen and oxygen atoms in total. The summed E-state index contributed by atoms with van der Waals surface area (Å²) >= 11 is 6.60. The predicted molar refractivity (Wildman–Crippen MR) is 159 cm³/mol. The van der Waals surface area contributed by atoms with E-state index in [-0.39, 0.29) is 52.2 Å². The minimum absolute atomic E-state index is 0.0349. The molecule has 2 aliphatic rings. The molecule has 1 amide bonds. The van der Waals surface area contributed by atoms with E-state index >= 15 is 4.39 Å². The van der Waals surface area contributed by atoms with Crippen LogP contribution in [0.3, 0.4) is 0 Å². The molecule has 222 valence electrons. The molecule has 0 spiro atoms. The quantitative estimate of drug-likeness (QED) is 0.274. The Morgan fingerprint density at radius 1 is 1.14 bits per heavy atom. The molecule has 3 heterocycles. The molecule has 6 rings (SSSR count). The van der Waals surface area contributed by atoms with Crippen LogP contribution in [0.25, 0.3) is 33.3 Å². The Morgan fingerprint density at radius 3 is 2.53 bits per heavy atom. The van der Waals surface area contributed by atoms with Crippen molar-refractivity contribution in [2.45, 2.75) is 76.2 Å². The van der Waals surface area contributed by atoms with Crippen LogP contribution < -0.4 is 5.73 Å². The highest BCUT2D eigenvalue weighted by Crippen LogP contribution is 2.42. The number of hydrogen-bond donors (Lipinski definition) is 2. The average molecular weight is 605 g/mol. The van der Waals surface area contributed by atoms with Crippen molar-refractivity contribution >= 4 is 28.5 Å². The van der Waals surface area contributed by atoms with Crippen molar-refractivity contribution in [3.05, 3.63) is 70.2 Å². The fraction of sp³-hybridized carbons (Fsp3) is 0.375. The summed E-state index contributed by atoms with van der Waals surface area (Å²) in [5.41, 5.74) is 7.21. The Balaban J connectivity index is 1.49. The van der Waals surface area contributed by atoms with Crippen molar-refractivity contribution in [2.24, 2.45) is 5.73 Å². The van der Waals surface area contributed by atoms with Gasteiger partial charge in [-0.1, -0.05) is 42.8 Å². The number of carbonyl (C=O) groups excluding carboxylic acids is 1. The second kappa shape index (κ2) is 11.0. The third-order valence-electron chi connectivity index (χ3n) is 9.22. The lowest BCUT2D eigenvalue weighted by Gasteiger charge is -2.25. The third-order valence-corrected chi connectivity index (χ3v) is 9.56. The molecule has 11 heteroatoms. The Bertz CT molecular complexity index is 1800. The largest absolute Gasteiger partial charge is 0.388 e. The zero-order valence-corrected chi connectivity index (χ0v) is 24.6. The molecular weight excluding hydrogens is 574 g/mol. The van der Waals surface area contributed by atoms with E-state index in [1.807, 2.05) is 24.8 Å². The minimum atomic E-state index is -1.06. The number of nitrogens with two attached hydrogens (primary N) is 1. The summed E-state index contributed by atoms with van der Waals surface area (Å²) in [6, 6.07) is 12.3. The standard InChI is InChI=1S/C32H31ClF2N6O2/c1-3-32(43,4-2)16-40-30-26(38-39-40)14-23(29(35)28(30)33)21-9-7-18(31(42)41-20-8-10-27(41)25(37)13-20)11-22(21)17-5-6-19(15-36)24(34)12-17/h5-7,9,11-12,14,20,25,27,43H,3-4,8,10,13,16,37H2,1-2H3/t20-,25+,27+/m1/s1. The average Bonchev–Trinajstić information content (AvgIpc) is 3.70. The smallest absolute Gasteiger partial charge is 0.254 e. The summed E-state index contributed by atoms with van der Waals surface area (Å²) in [6.07, 6.45) is 3.42. The van der Waals surface area contributed by atoms with Gasteiger partial charge in [-0.25, -0.2) is 13.5 Å². The van der Waals surface area contributed by atoms with E-state index in [2.05, 4.69) is 10.3 Å². The fourth-order valence-electron chi connectivity index (χ4n) is 6.56.